The van der Waals surface area contributed by atoms with Crippen molar-refractivity contribution in [2.24, 2.45) is 5.41 Å². The van der Waals surface area contributed by atoms with Crippen LogP contribution in [0.1, 0.15) is 36.7 Å². The third-order valence-corrected chi connectivity index (χ3v) is 4.14. The van der Waals surface area contributed by atoms with E-state index in [1.807, 2.05) is 45.0 Å². The molecule has 0 heterocycles. The molecule has 0 radical (unpaired) electrons. The van der Waals surface area contributed by atoms with E-state index in [2.05, 4.69) is 16.0 Å². The topological polar surface area (TPSA) is 70.2 Å². The summed E-state index contributed by atoms with van der Waals surface area (Å²) in [6.45, 7) is 7.56. The number of benzene rings is 2. The van der Waals surface area contributed by atoms with Gasteiger partial charge in [-0.2, -0.15) is 0 Å². The molecule has 0 bridgehead atoms. The molecule has 0 spiro atoms. The minimum atomic E-state index is -0.378. The van der Waals surface area contributed by atoms with Gasteiger partial charge in [0.2, 0.25) is 5.91 Å². The summed E-state index contributed by atoms with van der Waals surface area (Å²) >= 11 is 5.85. The summed E-state index contributed by atoms with van der Waals surface area (Å²) in [5.74, 6) is -0.141. The molecule has 2 amide bonds. The first-order valence-corrected chi connectivity index (χ1v) is 9.28. The quantitative estimate of drug-likeness (QED) is 0.632. The lowest BCUT2D eigenvalue weighted by Crippen LogP contribution is -2.38. The average Bonchev–Trinajstić information content (AvgIpc) is 2.61. The van der Waals surface area contributed by atoms with Crippen LogP contribution in [0.3, 0.4) is 0 Å². The zero-order valence-electron chi connectivity index (χ0n) is 15.9. The van der Waals surface area contributed by atoms with Gasteiger partial charge in [0.05, 0.1) is 0 Å². The Morgan fingerprint density at radius 3 is 2.37 bits per heavy atom. The van der Waals surface area contributed by atoms with Crippen LogP contribution in [0.15, 0.2) is 48.5 Å². The molecule has 0 aliphatic carbocycles. The average molecular weight is 388 g/mol. The Bertz CT molecular complexity index is 783. The van der Waals surface area contributed by atoms with Gasteiger partial charge in [-0.15, -0.1) is 0 Å². The fourth-order valence-electron chi connectivity index (χ4n) is 2.33. The smallest absolute Gasteiger partial charge is 0.255 e. The lowest BCUT2D eigenvalue weighted by atomic mass is 9.96. The van der Waals surface area contributed by atoms with Crippen molar-refractivity contribution in [3.05, 3.63) is 64.7 Å². The van der Waals surface area contributed by atoms with E-state index >= 15 is 0 Å². The van der Waals surface area contributed by atoms with Crippen molar-refractivity contribution in [2.45, 2.75) is 27.3 Å². The molecule has 0 atom stereocenters. The Kier molecular flexibility index (Phi) is 7.39. The summed E-state index contributed by atoms with van der Waals surface area (Å²) in [5, 5.41) is 9.67. The summed E-state index contributed by atoms with van der Waals surface area (Å²) in [5.41, 5.74) is 1.95. The summed E-state index contributed by atoms with van der Waals surface area (Å²) in [7, 11) is 0. The fraction of sp³-hybridized carbons (Fsp3) is 0.333. The van der Waals surface area contributed by atoms with Crippen LogP contribution in [-0.4, -0.2) is 24.9 Å². The number of amides is 2. The normalized spacial score (nSPS) is 11.1. The number of halogens is 1. The standard InChI is InChI=1S/C21H26ClN3O2/c1-21(2,3)20(27)24-12-11-23-14-15-5-4-6-18(13-15)25-19(26)16-7-9-17(22)10-8-16/h4-10,13,23H,11-12,14H2,1-3H3,(H,24,27)(H,25,26). The van der Waals surface area contributed by atoms with Gasteiger partial charge in [-0.1, -0.05) is 44.5 Å². The fourth-order valence-corrected chi connectivity index (χ4v) is 2.45. The second kappa shape index (κ2) is 9.53. The van der Waals surface area contributed by atoms with Gasteiger partial charge < -0.3 is 16.0 Å². The van der Waals surface area contributed by atoms with Gasteiger partial charge >= 0.3 is 0 Å². The van der Waals surface area contributed by atoms with Gasteiger partial charge in [-0.25, -0.2) is 0 Å². The highest BCUT2D eigenvalue weighted by atomic mass is 35.5. The number of carbonyl (C=O) groups is 2. The van der Waals surface area contributed by atoms with Gasteiger partial charge in [-0.05, 0) is 42.0 Å². The van der Waals surface area contributed by atoms with Crippen molar-refractivity contribution in [1.29, 1.82) is 0 Å². The Labute approximate surface area is 165 Å². The van der Waals surface area contributed by atoms with E-state index in [4.69, 9.17) is 11.6 Å². The predicted molar refractivity (Wildman–Crippen MR) is 110 cm³/mol. The molecule has 0 unspecified atom stereocenters. The molecule has 2 aromatic rings. The molecule has 5 nitrogen and oxygen atoms in total. The van der Waals surface area contributed by atoms with Gasteiger partial charge in [0.25, 0.3) is 5.91 Å². The van der Waals surface area contributed by atoms with E-state index in [1.54, 1.807) is 24.3 Å². The third-order valence-electron chi connectivity index (χ3n) is 3.89. The zero-order valence-corrected chi connectivity index (χ0v) is 16.7. The van der Waals surface area contributed by atoms with Crippen LogP contribution in [0.4, 0.5) is 5.69 Å². The maximum absolute atomic E-state index is 12.3. The monoisotopic (exact) mass is 387 g/mol. The first kappa shape index (κ1) is 20.9. The Hall–Kier alpha value is -2.37. The molecule has 2 aromatic carbocycles. The van der Waals surface area contributed by atoms with E-state index in [9.17, 15) is 9.59 Å². The highest BCUT2D eigenvalue weighted by molar-refractivity contribution is 6.30. The number of rotatable bonds is 7. The molecule has 0 saturated heterocycles. The summed E-state index contributed by atoms with van der Waals surface area (Å²) in [6, 6.07) is 14.4. The highest BCUT2D eigenvalue weighted by Crippen LogP contribution is 2.14. The van der Waals surface area contributed by atoms with Gasteiger partial charge in [0.15, 0.2) is 0 Å². The van der Waals surface area contributed by atoms with Gasteiger partial charge in [-0.3, -0.25) is 9.59 Å². The van der Waals surface area contributed by atoms with Crippen LogP contribution < -0.4 is 16.0 Å². The second-order valence-electron chi connectivity index (χ2n) is 7.34. The Morgan fingerprint density at radius 1 is 1.00 bits per heavy atom. The van der Waals surface area contributed by atoms with E-state index in [1.165, 1.54) is 0 Å². The molecule has 3 N–H and O–H groups in total. The maximum atomic E-state index is 12.3. The van der Waals surface area contributed by atoms with Crippen LogP contribution in [0.2, 0.25) is 5.02 Å². The van der Waals surface area contributed by atoms with Crippen LogP contribution >= 0.6 is 11.6 Å². The number of anilines is 1. The van der Waals surface area contributed by atoms with Crippen LogP contribution in [-0.2, 0) is 11.3 Å². The maximum Gasteiger partial charge on any atom is 0.255 e. The number of carbonyl (C=O) groups excluding carboxylic acids is 2. The van der Waals surface area contributed by atoms with E-state index in [0.717, 1.165) is 11.3 Å². The predicted octanol–water partition coefficient (Wildman–Crippen LogP) is 3.84. The van der Waals surface area contributed by atoms with Crippen LogP contribution in [0.5, 0.6) is 0 Å². The van der Waals surface area contributed by atoms with Crippen molar-refractivity contribution in [1.82, 2.24) is 10.6 Å². The molecule has 6 heteroatoms. The minimum Gasteiger partial charge on any atom is -0.354 e. The molecule has 0 aromatic heterocycles. The molecule has 0 saturated carbocycles. The van der Waals surface area contributed by atoms with E-state index < -0.39 is 0 Å². The molecule has 144 valence electrons. The molecule has 0 aliphatic heterocycles. The summed E-state index contributed by atoms with van der Waals surface area (Å²) in [4.78, 5) is 24.1. The first-order chi connectivity index (χ1) is 12.8. The van der Waals surface area contributed by atoms with E-state index in [-0.39, 0.29) is 17.2 Å². The van der Waals surface area contributed by atoms with Crippen molar-refractivity contribution >= 4 is 29.1 Å². The van der Waals surface area contributed by atoms with E-state index in [0.29, 0.717) is 30.2 Å². The number of hydrogen-bond donors (Lipinski definition) is 3. The van der Waals surface area contributed by atoms with Crippen molar-refractivity contribution in [2.75, 3.05) is 18.4 Å². The summed E-state index contributed by atoms with van der Waals surface area (Å²) < 4.78 is 0. The van der Waals surface area contributed by atoms with Crippen molar-refractivity contribution in [3.8, 4) is 0 Å². The second-order valence-corrected chi connectivity index (χ2v) is 7.78. The van der Waals surface area contributed by atoms with Crippen molar-refractivity contribution in [3.63, 3.8) is 0 Å². The lowest BCUT2D eigenvalue weighted by molar-refractivity contribution is -0.128. The molecule has 0 fully saturated rings. The lowest BCUT2D eigenvalue weighted by Gasteiger charge is -2.17. The highest BCUT2D eigenvalue weighted by Gasteiger charge is 2.20. The third kappa shape index (κ3) is 7.04. The molecular formula is C21H26ClN3O2. The van der Waals surface area contributed by atoms with Gasteiger partial charge in [0, 0.05) is 41.3 Å². The molecular weight excluding hydrogens is 362 g/mol. The number of hydrogen-bond acceptors (Lipinski definition) is 3. The molecule has 27 heavy (non-hydrogen) atoms. The Balaban J connectivity index is 1.80. The number of nitrogens with one attached hydrogen (secondary N) is 3. The van der Waals surface area contributed by atoms with Crippen molar-refractivity contribution < 1.29 is 9.59 Å². The van der Waals surface area contributed by atoms with Gasteiger partial charge in [0.1, 0.15) is 0 Å². The van der Waals surface area contributed by atoms with Crippen LogP contribution in [0.25, 0.3) is 0 Å². The Morgan fingerprint density at radius 2 is 1.70 bits per heavy atom. The SMILES string of the molecule is CC(C)(C)C(=O)NCCNCc1cccc(NC(=O)c2ccc(Cl)cc2)c1. The molecule has 0 aliphatic rings. The minimum absolute atomic E-state index is 0.0382. The first-order valence-electron chi connectivity index (χ1n) is 8.90. The van der Waals surface area contributed by atoms with Crippen LogP contribution in [0, 0.1) is 5.41 Å². The summed E-state index contributed by atoms with van der Waals surface area (Å²) in [6.07, 6.45) is 0. The molecule has 2 rings (SSSR count). The largest absolute Gasteiger partial charge is 0.354 e. The zero-order chi connectivity index (χ0) is 19.9.